The second-order valence-electron chi connectivity index (χ2n) is 5.23. The molecule has 0 aromatic rings. The van der Waals surface area contributed by atoms with Gasteiger partial charge in [0.05, 0.1) is 12.0 Å². The van der Waals surface area contributed by atoms with Gasteiger partial charge in [-0.25, -0.2) is 0 Å². The van der Waals surface area contributed by atoms with Crippen molar-refractivity contribution in [2.45, 2.75) is 70.3 Å². The van der Waals surface area contributed by atoms with Crippen LogP contribution in [0.2, 0.25) is 0 Å². The highest BCUT2D eigenvalue weighted by Gasteiger charge is 2.34. The molecule has 0 spiro atoms. The van der Waals surface area contributed by atoms with Crippen LogP contribution in [0.15, 0.2) is 0 Å². The maximum atomic E-state index is 12.2. The summed E-state index contributed by atoms with van der Waals surface area (Å²) in [4.78, 5) is 0. The quantitative estimate of drug-likeness (QED) is 0.830. The van der Waals surface area contributed by atoms with Gasteiger partial charge in [-0.3, -0.25) is 0 Å². The lowest BCUT2D eigenvalue weighted by molar-refractivity contribution is -0.140. The smallest absolute Gasteiger partial charge is 0.375 e. The van der Waals surface area contributed by atoms with Gasteiger partial charge in [-0.2, -0.15) is 13.2 Å². The van der Waals surface area contributed by atoms with Crippen LogP contribution >= 0.6 is 0 Å². The minimum Gasteiger partial charge on any atom is -0.375 e. The van der Waals surface area contributed by atoms with Crippen molar-refractivity contribution >= 4 is 0 Å². The molecule has 1 aliphatic heterocycles. The molecule has 1 saturated heterocycles. The van der Waals surface area contributed by atoms with Crippen LogP contribution in [0.1, 0.15) is 46.5 Å². The number of hydrogen-bond acceptors (Lipinski definition) is 2. The minimum absolute atomic E-state index is 0.131. The average molecular weight is 253 g/mol. The van der Waals surface area contributed by atoms with Gasteiger partial charge in [-0.15, -0.1) is 0 Å². The Bertz CT molecular complexity index is 244. The Labute approximate surface area is 101 Å². The molecule has 0 amide bonds. The second kappa shape index (κ2) is 5.57. The van der Waals surface area contributed by atoms with E-state index in [9.17, 15) is 13.2 Å². The summed E-state index contributed by atoms with van der Waals surface area (Å²) in [6, 6.07) is -0.398. The fraction of sp³-hybridized carbons (Fsp3) is 1.00. The summed E-state index contributed by atoms with van der Waals surface area (Å²) in [5.41, 5.74) is -0.187. The van der Waals surface area contributed by atoms with E-state index in [1.165, 1.54) is 0 Å². The van der Waals surface area contributed by atoms with Crippen molar-refractivity contribution in [3.8, 4) is 0 Å². The van der Waals surface area contributed by atoms with Gasteiger partial charge in [0.2, 0.25) is 0 Å². The predicted octanol–water partition coefficient (Wildman–Crippen LogP) is 3.26. The summed E-state index contributed by atoms with van der Waals surface area (Å²) in [5, 5.41) is 3.06. The van der Waals surface area contributed by atoms with Crippen molar-refractivity contribution in [2.75, 3.05) is 6.61 Å². The second-order valence-corrected chi connectivity index (χ2v) is 5.23. The van der Waals surface area contributed by atoms with E-state index < -0.39 is 18.6 Å². The first-order valence-electron chi connectivity index (χ1n) is 6.21. The number of nitrogens with one attached hydrogen (secondary N) is 1. The molecule has 1 N–H and O–H groups in total. The first-order valence-corrected chi connectivity index (χ1v) is 6.21. The van der Waals surface area contributed by atoms with Gasteiger partial charge < -0.3 is 10.1 Å². The zero-order chi connectivity index (χ0) is 13.1. The van der Waals surface area contributed by atoms with Crippen LogP contribution in [0, 0.1) is 0 Å². The average Bonchev–Trinajstić information content (AvgIpc) is 2.14. The van der Waals surface area contributed by atoms with Crippen molar-refractivity contribution < 1.29 is 17.9 Å². The third kappa shape index (κ3) is 5.25. The maximum Gasteiger partial charge on any atom is 0.390 e. The van der Waals surface area contributed by atoms with Gasteiger partial charge in [-0.05, 0) is 33.1 Å². The van der Waals surface area contributed by atoms with E-state index in [1.54, 1.807) is 6.92 Å². The molecule has 2 nitrogen and oxygen atoms in total. The van der Waals surface area contributed by atoms with E-state index in [1.807, 2.05) is 13.8 Å². The summed E-state index contributed by atoms with van der Waals surface area (Å²) in [7, 11) is 0. The summed E-state index contributed by atoms with van der Waals surface area (Å²) >= 11 is 0. The maximum absolute atomic E-state index is 12.2. The van der Waals surface area contributed by atoms with E-state index in [4.69, 9.17) is 4.74 Å². The van der Waals surface area contributed by atoms with E-state index >= 15 is 0 Å². The largest absolute Gasteiger partial charge is 0.390 e. The van der Waals surface area contributed by atoms with Crippen molar-refractivity contribution in [2.24, 2.45) is 0 Å². The van der Waals surface area contributed by atoms with E-state index in [-0.39, 0.29) is 11.6 Å². The van der Waals surface area contributed by atoms with E-state index in [2.05, 4.69) is 5.32 Å². The van der Waals surface area contributed by atoms with Crippen molar-refractivity contribution in [1.29, 1.82) is 0 Å². The molecule has 0 radical (unpaired) electrons. The number of rotatable bonds is 4. The molecule has 1 rings (SSSR count). The Kier molecular flexibility index (Phi) is 4.84. The molecule has 1 heterocycles. The highest BCUT2D eigenvalue weighted by atomic mass is 19.4. The standard InChI is InChI=1S/C12H22F3NO/c1-4-11(3)8-10(5-6-17-11)16-9(2)7-12(13,14)15/h9-10,16H,4-8H2,1-3H3. The van der Waals surface area contributed by atoms with Gasteiger partial charge in [0.15, 0.2) is 0 Å². The van der Waals surface area contributed by atoms with Crippen molar-refractivity contribution in [3.63, 3.8) is 0 Å². The van der Waals surface area contributed by atoms with Crippen LogP contribution in [0.3, 0.4) is 0 Å². The molecule has 0 aliphatic carbocycles. The lowest BCUT2D eigenvalue weighted by Crippen LogP contribution is -2.48. The van der Waals surface area contributed by atoms with E-state index in [0.29, 0.717) is 6.61 Å². The number of ether oxygens (including phenoxy) is 1. The Morgan fingerprint density at radius 1 is 1.47 bits per heavy atom. The molecule has 1 fully saturated rings. The van der Waals surface area contributed by atoms with Crippen LogP contribution in [0.4, 0.5) is 13.2 Å². The predicted molar refractivity (Wildman–Crippen MR) is 60.9 cm³/mol. The summed E-state index contributed by atoms with van der Waals surface area (Å²) in [6.45, 7) is 6.28. The normalized spacial score (nSPS) is 32.5. The van der Waals surface area contributed by atoms with Gasteiger partial charge in [0, 0.05) is 18.7 Å². The van der Waals surface area contributed by atoms with Gasteiger partial charge in [0.1, 0.15) is 0 Å². The SMILES string of the molecule is CCC1(C)CC(NC(C)CC(F)(F)F)CCO1. The molecule has 102 valence electrons. The molecule has 0 saturated carbocycles. The summed E-state index contributed by atoms with van der Waals surface area (Å²) < 4.78 is 42.3. The molecule has 0 bridgehead atoms. The lowest BCUT2D eigenvalue weighted by Gasteiger charge is -2.39. The van der Waals surface area contributed by atoms with Gasteiger partial charge in [0.25, 0.3) is 0 Å². The Morgan fingerprint density at radius 3 is 2.65 bits per heavy atom. The summed E-state index contributed by atoms with van der Waals surface area (Å²) in [5.74, 6) is 0. The van der Waals surface area contributed by atoms with Gasteiger partial charge >= 0.3 is 6.18 Å². The van der Waals surface area contributed by atoms with E-state index in [0.717, 1.165) is 19.3 Å². The number of alkyl halides is 3. The van der Waals surface area contributed by atoms with Crippen LogP contribution in [-0.2, 0) is 4.74 Å². The molecular weight excluding hydrogens is 231 g/mol. The monoisotopic (exact) mass is 253 g/mol. The first-order chi connectivity index (χ1) is 7.74. The van der Waals surface area contributed by atoms with Crippen molar-refractivity contribution in [1.82, 2.24) is 5.32 Å². The third-order valence-electron chi connectivity index (χ3n) is 3.40. The first kappa shape index (κ1) is 14.8. The highest BCUT2D eigenvalue weighted by molar-refractivity contribution is 4.86. The molecule has 0 aromatic carbocycles. The molecule has 3 unspecified atom stereocenters. The molecule has 17 heavy (non-hydrogen) atoms. The topological polar surface area (TPSA) is 21.3 Å². The van der Waals surface area contributed by atoms with Crippen LogP contribution in [0.5, 0.6) is 0 Å². The number of hydrogen-bond donors (Lipinski definition) is 1. The third-order valence-corrected chi connectivity index (χ3v) is 3.40. The zero-order valence-corrected chi connectivity index (χ0v) is 10.7. The molecule has 0 aromatic heterocycles. The molecule has 3 atom stereocenters. The highest BCUT2D eigenvalue weighted by Crippen LogP contribution is 2.29. The fourth-order valence-corrected chi connectivity index (χ4v) is 2.33. The molecule has 5 heteroatoms. The Hall–Kier alpha value is -0.290. The van der Waals surface area contributed by atoms with Gasteiger partial charge in [-0.1, -0.05) is 6.92 Å². The van der Waals surface area contributed by atoms with Crippen molar-refractivity contribution in [3.05, 3.63) is 0 Å². The lowest BCUT2D eigenvalue weighted by atomic mass is 9.89. The molecule has 1 aliphatic rings. The summed E-state index contributed by atoms with van der Waals surface area (Å²) in [6.07, 6.45) is -2.40. The fourth-order valence-electron chi connectivity index (χ4n) is 2.33. The minimum atomic E-state index is -4.09. The molecular formula is C12H22F3NO. The zero-order valence-electron chi connectivity index (χ0n) is 10.7. The van der Waals surface area contributed by atoms with Crippen LogP contribution in [-0.4, -0.2) is 30.5 Å². The Morgan fingerprint density at radius 2 is 2.12 bits per heavy atom. The Balaban J connectivity index is 2.41. The number of halogens is 3. The van der Waals surface area contributed by atoms with Crippen LogP contribution < -0.4 is 5.32 Å². The van der Waals surface area contributed by atoms with Crippen LogP contribution in [0.25, 0.3) is 0 Å².